The smallest absolute Gasteiger partial charge is 0.273 e. The van der Waals surface area contributed by atoms with Crippen molar-refractivity contribution in [3.63, 3.8) is 0 Å². The number of rotatable bonds is 4. The molecule has 21 heavy (non-hydrogen) atoms. The average Bonchev–Trinajstić information content (AvgIpc) is 2.83. The molecule has 1 aromatic carbocycles. The fraction of sp³-hybridized carbons (Fsp3) is 0.400. The number of halogens is 1. The predicted molar refractivity (Wildman–Crippen MR) is 83.1 cm³/mol. The molecule has 1 amide bonds. The van der Waals surface area contributed by atoms with E-state index >= 15 is 0 Å². The Balaban J connectivity index is 2.32. The fourth-order valence-corrected chi connectivity index (χ4v) is 2.07. The van der Waals surface area contributed by atoms with Crippen LogP contribution in [0.1, 0.15) is 42.0 Å². The summed E-state index contributed by atoms with van der Waals surface area (Å²) in [7, 11) is 0. The maximum atomic E-state index is 12.1. The summed E-state index contributed by atoms with van der Waals surface area (Å²) in [4.78, 5) is 12.1. The van der Waals surface area contributed by atoms with Crippen molar-refractivity contribution in [3.8, 4) is 5.69 Å². The van der Waals surface area contributed by atoms with Gasteiger partial charge in [-0.15, -0.1) is 5.10 Å². The number of aromatic nitrogens is 3. The van der Waals surface area contributed by atoms with Crippen molar-refractivity contribution >= 4 is 17.5 Å². The molecule has 6 heteroatoms. The molecule has 0 aliphatic heterocycles. The third kappa shape index (κ3) is 3.24. The van der Waals surface area contributed by atoms with E-state index in [4.69, 9.17) is 11.6 Å². The number of nitrogens with zero attached hydrogens (tertiary/aromatic N) is 3. The van der Waals surface area contributed by atoms with E-state index in [2.05, 4.69) is 15.6 Å². The van der Waals surface area contributed by atoms with Crippen LogP contribution in [-0.4, -0.2) is 26.9 Å². The highest BCUT2D eigenvalue weighted by Crippen LogP contribution is 2.20. The SMILES string of the molecule is CCC(C)NC(=O)c1nnn(-c2ccc(C)c(Cl)c2)c1C. The second-order valence-electron chi connectivity index (χ2n) is 5.15. The van der Waals surface area contributed by atoms with Crippen molar-refractivity contribution in [1.82, 2.24) is 20.3 Å². The third-order valence-electron chi connectivity index (χ3n) is 3.50. The highest BCUT2D eigenvalue weighted by atomic mass is 35.5. The number of hydrogen-bond acceptors (Lipinski definition) is 3. The number of amides is 1. The molecule has 0 spiro atoms. The normalized spacial score (nSPS) is 12.2. The molecule has 0 bridgehead atoms. The Morgan fingerprint density at radius 2 is 2.14 bits per heavy atom. The van der Waals surface area contributed by atoms with Crippen LogP contribution in [0.15, 0.2) is 18.2 Å². The van der Waals surface area contributed by atoms with Gasteiger partial charge in [-0.2, -0.15) is 0 Å². The second-order valence-corrected chi connectivity index (χ2v) is 5.56. The zero-order valence-electron chi connectivity index (χ0n) is 12.6. The van der Waals surface area contributed by atoms with Crippen LogP contribution in [0.4, 0.5) is 0 Å². The lowest BCUT2D eigenvalue weighted by molar-refractivity contribution is 0.0933. The highest BCUT2D eigenvalue weighted by Gasteiger charge is 2.18. The molecule has 0 saturated heterocycles. The number of carbonyl (C=O) groups excluding carboxylic acids is 1. The van der Waals surface area contributed by atoms with Crippen molar-refractivity contribution in [2.24, 2.45) is 0 Å². The molecule has 5 nitrogen and oxygen atoms in total. The molecule has 0 aliphatic carbocycles. The zero-order chi connectivity index (χ0) is 15.6. The molecule has 112 valence electrons. The highest BCUT2D eigenvalue weighted by molar-refractivity contribution is 6.31. The Morgan fingerprint density at radius 3 is 2.76 bits per heavy atom. The maximum Gasteiger partial charge on any atom is 0.273 e. The Labute approximate surface area is 129 Å². The van der Waals surface area contributed by atoms with E-state index in [1.165, 1.54) is 0 Å². The molecule has 2 rings (SSSR count). The largest absolute Gasteiger partial charge is 0.348 e. The van der Waals surface area contributed by atoms with Gasteiger partial charge >= 0.3 is 0 Å². The van der Waals surface area contributed by atoms with Crippen molar-refractivity contribution in [1.29, 1.82) is 0 Å². The van der Waals surface area contributed by atoms with Crippen LogP contribution in [0, 0.1) is 13.8 Å². The quantitative estimate of drug-likeness (QED) is 0.944. The van der Waals surface area contributed by atoms with Crippen LogP contribution in [-0.2, 0) is 0 Å². The number of hydrogen-bond donors (Lipinski definition) is 1. The summed E-state index contributed by atoms with van der Waals surface area (Å²) in [5.41, 5.74) is 2.81. The standard InChI is InChI=1S/C15H19ClN4O/c1-5-10(3)17-15(21)14-11(4)20(19-18-14)12-7-6-9(2)13(16)8-12/h6-8,10H,5H2,1-4H3,(H,17,21). The molecule has 1 atom stereocenters. The molecule has 2 aromatic rings. The van der Waals surface area contributed by atoms with Gasteiger partial charge in [0.25, 0.3) is 5.91 Å². The van der Waals surface area contributed by atoms with Crippen molar-refractivity contribution in [3.05, 3.63) is 40.2 Å². The molecule has 1 N–H and O–H groups in total. The van der Waals surface area contributed by atoms with Gasteiger partial charge in [-0.1, -0.05) is 29.8 Å². The molecular formula is C15H19ClN4O. The van der Waals surface area contributed by atoms with Crippen LogP contribution >= 0.6 is 11.6 Å². The summed E-state index contributed by atoms with van der Waals surface area (Å²) in [6.07, 6.45) is 0.868. The molecule has 1 heterocycles. The monoisotopic (exact) mass is 306 g/mol. The van der Waals surface area contributed by atoms with Gasteiger partial charge in [0.2, 0.25) is 0 Å². The summed E-state index contributed by atoms with van der Waals surface area (Å²) in [5.74, 6) is -0.202. The van der Waals surface area contributed by atoms with E-state index in [0.717, 1.165) is 17.7 Å². The summed E-state index contributed by atoms with van der Waals surface area (Å²) < 4.78 is 1.62. The summed E-state index contributed by atoms with van der Waals surface area (Å²) in [5, 5.41) is 11.6. The Bertz CT molecular complexity index is 666. The topological polar surface area (TPSA) is 59.8 Å². The van der Waals surface area contributed by atoms with Gasteiger partial charge in [-0.3, -0.25) is 4.79 Å². The van der Waals surface area contributed by atoms with Gasteiger partial charge < -0.3 is 5.32 Å². The van der Waals surface area contributed by atoms with Crippen LogP contribution in [0.5, 0.6) is 0 Å². The minimum absolute atomic E-state index is 0.107. The number of carbonyl (C=O) groups is 1. The van der Waals surface area contributed by atoms with Crippen LogP contribution in [0.2, 0.25) is 5.02 Å². The second kappa shape index (κ2) is 6.26. The Morgan fingerprint density at radius 1 is 1.43 bits per heavy atom. The van der Waals surface area contributed by atoms with Crippen LogP contribution < -0.4 is 5.32 Å². The van der Waals surface area contributed by atoms with Crippen LogP contribution in [0.25, 0.3) is 5.69 Å². The van der Waals surface area contributed by atoms with Gasteiger partial charge in [0.15, 0.2) is 5.69 Å². The molecular weight excluding hydrogens is 288 g/mol. The molecule has 0 fully saturated rings. The predicted octanol–water partition coefficient (Wildman–Crippen LogP) is 3.07. The fourth-order valence-electron chi connectivity index (χ4n) is 1.89. The molecule has 0 aliphatic rings. The summed E-state index contributed by atoms with van der Waals surface area (Å²) in [6.45, 7) is 7.73. The van der Waals surface area contributed by atoms with Crippen molar-refractivity contribution in [2.45, 2.75) is 40.2 Å². The average molecular weight is 307 g/mol. The van der Waals surface area contributed by atoms with Crippen molar-refractivity contribution < 1.29 is 4.79 Å². The van der Waals surface area contributed by atoms with Crippen molar-refractivity contribution in [2.75, 3.05) is 0 Å². The minimum atomic E-state index is -0.202. The first-order valence-corrected chi connectivity index (χ1v) is 7.31. The first-order valence-electron chi connectivity index (χ1n) is 6.93. The molecule has 1 unspecified atom stereocenters. The van der Waals surface area contributed by atoms with Crippen LogP contribution in [0.3, 0.4) is 0 Å². The van der Waals surface area contributed by atoms with Gasteiger partial charge in [0, 0.05) is 11.1 Å². The Hall–Kier alpha value is -1.88. The first-order chi connectivity index (χ1) is 9.93. The van der Waals surface area contributed by atoms with Gasteiger partial charge in [0.05, 0.1) is 11.4 Å². The molecule has 0 radical (unpaired) electrons. The van der Waals surface area contributed by atoms with Gasteiger partial charge in [-0.25, -0.2) is 4.68 Å². The summed E-state index contributed by atoms with van der Waals surface area (Å²) in [6, 6.07) is 5.74. The molecule has 0 saturated carbocycles. The summed E-state index contributed by atoms with van der Waals surface area (Å²) >= 11 is 6.13. The van der Waals surface area contributed by atoms with Gasteiger partial charge in [0.1, 0.15) is 0 Å². The van der Waals surface area contributed by atoms with E-state index in [9.17, 15) is 4.79 Å². The van der Waals surface area contributed by atoms with Gasteiger partial charge in [-0.05, 0) is 44.9 Å². The van der Waals surface area contributed by atoms with E-state index < -0.39 is 0 Å². The third-order valence-corrected chi connectivity index (χ3v) is 3.91. The zero-order valence-corrected chi connectivity index (χ0v) is 13.4. The number of aryl methyl sites for hydroxylation is 1. The number of nitrogens with one attached hydrogen (secondary N) is 1. The lowest BCUT2D eigenvalue weighted by atomic mass is 10.2. The van der Waals surface area contributed by atoms with E-state index in [-0.39, 0.29) is 11.9 Å². The number of benzene rings is 1. The van der Waals surface area contributed by atoms with E-state index in [0.29, 0.717) is 16.4 Å². The Kier molecular flexibility index (Phi) is 4.63. The maximum absolute atomic E-state index is 12.1. The molecule has 1 aromatic heterocycles. The first kappa shape index (κ1) is 15.5. The van der Waals surface area contributed by atoms with E-state index in [1.807, 2.05) is 45.9 Å². The minimum Gasteiger partial charge on any atom is -0.348 e. The lowest BCUT2D eigenvalue weighted by Gasteiger charge is -2.10. The van der Waals surface area contributed by atoms with E-state index in [1.54, 1.807) is 4.68 Å². The lowest BCUT2D eigenvalue weighted by Crippen LogP contribution is -2.32.